The van der Waals surface area contributed by atoms with Gasteiger partial charge in [0.25, 0.3) is 0 Å². The fourth-order valence-electron chi connectivity index (χ4n) is 3.49. The molecule has 2 aliphatic heterocycles. The van der Waals surface area contributed by atoms with Crippen LogP contribution in [-0.4, -0.2) is 48.1 Å². The Kier molecular flexibility index (Phi) is 4.25. The van der Waals surface area contributed by atoms with Gasteiger partial charge in [0.1, 0.15) is 11.9 Å². The van der Waals surface area contributed by atoms with E-state index in [4.69, 9.17) is 10.5 Å². The molecule has 0 saturated carbocycles. The van der Waals surface area contributed by atoms with Gasteiger partial charge in [-0.15, -0.1) is 11.3 Å². The van der Waals surface area contributed by atoms with E-state index >= 15 is 0 Å². The molecule has 1 saturated heterocycles. The molecule has 2 aromatic rings. The smallest absolute Gasteiger partial charge is 0.242 e. The van der Waals surface area contributed by atoms with Crippen molar-refractivity contribution in [2.45, 2.75) is 25.9 Å². The van der Waals surface area contributed by atoms with E-state index in [0.29, 0.717) is 18.2 Å². The summed E-state index contributed by atoms with van der Waals surface area (Å²) in [6, 6.07) is 6.00. The number of nitrogen functional groups attached to an aromatic ring is 1. The molecule has 4 rings (SSSR count). The lowest BCUT2D eigenvalue weighted by molar-refractivity contribution is -0.128. The van der Waals surface area contributed by atoms with Gasteiger partial charge in [-0.2, -0.15) is 0 Å². The maximum absolute atomic E-state index is 12.6. The lowest BCUT2D eigenvalue weighted by Crippen LogP contribution is -2.45. The van der Waals surface area contributed by atoms with Crippen LogP contribution in [0.2, 0.25) is 0 Å². The minimum absolute atomic E-state index is 0.0552. The largest absolute Gasteiger partial charge is 0.487 e. The molecule has 2 aliphatic rings. The third kappa shape index (κ3) is 3.28. The number of hydrogen-bond acceptors (Lipinski definition) is 6. The van der Waals surface area contributed by atoms with E-state index in [-0.39, 0.29) is 12.0 Å². The molecule has 1 amide bonds. The molecular weight excluding hydrogens is 336 g/mol. The lowest BCUT2D eigenvalue weighted by Gasteiger charge is -2.35. The van der Waals surface area contributed by atoms with Crippen LogP contribution in [0.15, 0.2) is 23.6 Å². The minimum atomic E-state index is 0.0552. The molecular formula is C18H22N4O2S. The summed E-state index contributed by atoms with van der Waals surface area (Å²) in [5, 5.41) is 2.50. The molecule has 0 spiro atoms. The number of aromatic nitrogens is 1. The molecule has 3 heterocycles. The van der Waals surface area contributed by atoms with Gasteiger partial charge in [0.05, 0.1) is 24.5 Å². The van der Waals surface area contributed by atoms with E-state index in [1.165, 1.54) is 11.3 Å². The molecule has 1 unspecified atom stereocenters. The Labute approximate surface area is 151 Å². The second kappa shape index (κ2) is 6.55. The molecule has 0 radical (unpaired) electrons. The number of nitrogens with zero attached hydrogens (tertiary/aromatic N) is 3. The first-order chi connectivity index (χ1) is 12.1. The van der Waals surface area contributed by atoms with Crippen LogP contribution in [0, 0.1) is 0 Å². The number of fused-ring (bicyclic) bond motifs is 1. The molecule has 1 fully saturated rings. The van der Waals surface area contributed by atoms with Crippen LogP contribution in [-0.2, 0) is 4.79 Å². The van der Waals surface area contributed by atoms with Gasteiger partial charge in [0.2, 0.25) is 5.91 Å². The predicted molar refractivity (Wildman–Crippen MR) is 100 cm³/mol. The third-order valence-electron chi connectivity index (χ3n) is 4.71. The van der Waals surface area contributed by atoms with Crippen LogP contribution in [0.25, 0.3) is 11.3 Å². The first-order valence-electron chi connectivity index (χ1n) is 8.65. The molecule has 132 valence electrons. The Morgan fingerprint density at radius 1 is 1.40 bits per heavy atom. The maximum atomic E-state index is 12.6. The van der Waals surface area contributed by atoms with Gasteiger partial charge in [-0.3, -0.25) is 4.79 Å². The van der Waals surface area contributed by atoms with Crippen LogP contribution < -0.4 is 15.4 Å². The number of carbonyl (C=O) groups excluding carboxylic acids is 1. The van der Waals surface area contributed by atoms with Crippen molar-refractivity contribution in [2.75, 3.05) is 36.8 Å². The maximum Gasteiger partial charge on any atom is 0.242 e. The lowest BCUT2D eigenvalue weighted by atomic mass is 10.1. The first-order valence-corrected chi connectivity index (χ1v) is 9.53. The number of nitrogens with two attached hydrogens (primary N) is 1. The van der Waals surface area contributed by atoms with E-state index in [2.05, 4.69) is 9.88 Å². The van der Waals surface area contributed by atoms with Gasteiger partial charge in [-0.05, 0) is 38.0 Å². The molecule has 7 heteroatoms. The standard InChI is InChI=1S/C18H22N4O2S/c1-12-9-22(10-17(23)21-6-2-3-7-21)15-8-13(4-5-16(15)24-12)14-11-25-18(19)20-14/h4-5,8,11-12H,2-3,6-7,9-10H2,1H3,(H2,19,20). The normalized spacial score (nSPS) is 19.6. The Hall–Kier alpha value is -2.28. The molecule has 1 aromatic carbocycles. The zero-order chi connectivity index (χ0) is 17.4. The van der Waals surface area contributed by atoms with Crippen molar-refractivity contribution in [3.05, 3.63) is 23.6 Å². The fraction of sp³-hybridized carbons (Fsp3) is 0.444. The van der Waals surface area contributed by atoms with Gasteiger partial charge in [0, 0.05) is 24.0 Å². The number of ether oxygens (including phenoxy) is 1. The average Bonchev–Trinajstić information content (AvgIpc) is 3.26. The van der Waals surface area contributed by atoms with E-state index in [0.717, 1.165) is 48.6 Å². The van der Waals surface area contributed by atoms with E-state index in [1.807, 2.05) is 35.4 Å². The molecule has 1 atom stereocenters. The first kappa shape index (κ1) is 16.2. The van der Waals surface area contributed by atoms with Gasteiger partial charge in [-0.1, -0.05) is 0 Å². The summed E-state index contributed by atoms with van der Waals surface area (Å²) in [6.07, 6.45) is 2.27. The summed E-state index contributed by atoms with van der Waals surface area (Å²) in [4.78, 5) is 21.1. The highest BCUT2D eigenvalue weighted by atomic mass is 32.1. The third-order valence-corrected chi connectivity index (χ3v) is 5.38. The van der Waals surface area contributed by atoms with E-state index in [9.17, 15) is 4.79 Å². The van der Waals surface area contributed by atoms with E-state index in [1.54, 1.807) is 0 Å². The van der Waals surface area contributed by atoms with Crippen molar-refractivity contribution in [2.24, 2.45) is 0 Å². The Balaban J connectivity index is 1.62. The number of likely N-dealkylation sites (tertiary alicyclic amines) is 1. The molecule has 1 aromatic heterocycles. The molecule has 0 bridgehead atoms. The van der Waals surface area contributed by atoms with Crippen LogP contribution in [0.3, 0.4) is 0 Å². The van der Waals surface area contributed by atoms with Crippen molar-refractivity contribution in [3.63, 3.8) is 0 Å². The fourth-order valence-corrected chi connectivity index (χ4v) is 4.06. The average molecular weight is 358 g/mol. The zero-order valence-corrected chi connectivity index (χ0v) is 15.1. The summed E-state index contributed by atoms with van der Waals surface area (Å²) < 4.78 is 5.96. The number of thiazole rings is 1. The number of benzene rings is 1. The summed E-state index contributed by atoms with van der Waals surface area (Å²) in [7, 11) is 0. The SMILES string of the molecule is CC1CN(CC(=O)N2CCCC2)c2cc(-c3csc(N)n3)ccc2O1. The van der Waals surface area contributed by atoms with Crippen LogP contribution in [0.4, 0.5) is 10.8 Å². The molecule has 0 aliphatic carbocycles. The molecule has 6 nitrogen and oxygen atoms in total. The summed E-state index contributed by atoms with van der Waals surface area (Å²) in [6.45, 7) is 4.89. The van der Waals surface area contributed by atoms with Crippen molar-refractivity contribution < 1.29 is 9.53 Å². The summed E-state index contributed by atoms with van der Waals surface area (Å²) >= 11 is 1.43. The number of rotatable bonds is 3. The van der Waals surface area contributed by atoms with Crippen molar-refractivity contribution in [3.8, 4) is 17.0 Å². The number of amides is 1. The van der Waals surface area contributed by atoms with Crippen LogP contribution in [0.5, 0.6) is 5.75 Å². The minimum Gasteiger partial charge on any atom is -0.487 e. The van der Waals surface area contributed by atoms with Crippen LogP contribution >= 0.6 is 11.3 Å². The quantitative estimate of drug-likeness (QED) is 0.913. The molecule has 25 heavy (non-hydrogen) atoms. The second-order valence-electron chi connectivity index (χ2n) is 6.65. The summed E-state index contributed by atoms with van der Waals surface area (Å²) in [5.41, 5.74) is 8.56. The highest BCUT2D eigenvalue weighted by Crippen LogP contribution is 2.37. The monoisotopic (exact) mass is 358 g/mol. The van der Waals surface area contributed by atoms with Crippen molar-refractivity contribution >= 4 is 28.1 Å². The van der Waals surface area contributed by atoms with Gasteiger partial charge in [0.15, 0.2) is 5.13 Å². The van der Waals surface area contributed by atoms with Crippen molar-refractivity contribution in [1.29, 1.82) is 0 Å². The topological polar surface area (TPSA) is 71.7 Å². The van der Waals surface area contributed by atoms with Gasteiger partial charge in [-0.25, -0.2) is 4.98 Å². The number of hydrogen-bond donors (Lipinski definition) is 1. The van der Waals surface area contributed by atoms with Gasteiger partial charge < -0.3 is 20.3 Å². The predicted octanol–water partition coefficient (Wildman–Crippen LogP) is 2.60. The number of carbonyl (C=O) groups is 1. The summed E-state index contributed by atoms with van der Waals surface area (Å²) in [5.74, 6) is 1.01. The Morgan fingerprint density at radius 3 is 2.92 bits per heavy atom. The number of anilines is 2. The highest BCUT2D eigenvalue weighted by Gasteiger charge is 2.27. The molecule has 2 N–H and O–H groups in total. The highest BCUT2D eigenvalue weighted by molar-refractivity contribution is 7.13. The van der Waals surface area contributed by atoms with E-state index < -0.39 is 0 Å². The van der Waals surface area contributed by atoms with Crippen molar-refractivity contribution in [1.82, 2.24) is 9.88 Å². The van der Waals surface area contributed by atoms with Gasteiger partial charge >= 0.3 is 0 Å². The second-order valence-corrected chi connectivity index (χ2v) is 7.54. The Morgan fingerprint density at radius 2 is 2.20 bits per heavy atom. The van der Waals surface area contributed by atoms with Crippen LogP contribution in [0.1, 0.15) is 19.8 Å². The Bertz CT molecular complexity index is 785. The zero-order valence-electron chi connectivity index (χ0n) is 14.3.